The monoisotopic (exact) mass is 366 g/mol. The normalized spacial score (nSPS) is 15.5. The maximum atomic E-state index is 9.52. The summed E-state index contributed by atoms with van der Waals surface area (Å²) in [5.74, 6) is 0.838. The summed E-state index contributed by atoms with van der Waals surface area (Å²) in [7, 11) is 0. The summed E-state index contributed by atoms with van der Waals surface area (Å²) < 4.78 is 2.20. The van der Waals surface area contributed by atoms with Gasteiger partial charge < -0.3 is 4.90 Å². The van der Waals surface area contributed by atoms with Gasteiger partial charge in [-0.15, -0.1) is 11.3 Å². The van der Waals surface area contributed by atoms with Gasteiger partial charge in [-0.05, 0) is 32.4 Å². The predicted molar refractivity (Wildman–Crippen MR) is 104 cm³/mol. The molecular formula is C19H22N6S. The Hall–Kier alpha value is -2.43. The lowest BCUT2D eigenvalue weighted by Crippen LogP contribution is -2.46. The number of aromatic nitrogens is 3. The van der Waals surface area contributed by atoms with E-state index in [0.717, 1.165) is 60.5 Å². The third-order valence-electron chi connectivity index (χ3n) is 5.04. The maximum Gasteiger partial charge on any atom is 0.194 e. The lowest BCUT2D eigenvalue weighted by molar-refractivity contribution is 0.245. The van der Waals surface area contributed by atoms with E-state index in [-0.39, 0.29) is 0 Å². The number of pyridine rings is 1. The fraction of sp³-hybridized carbons (Fsp3) is 0.421. The van der Waals surface area contributed by atoms with E-state index in [1.54, 1.807) is 11.3 Å². The number of hydrogen-bond donors (Lipinski definition) is 0. The molecule has 0 atom stereocenters. The number of fused-ring (bicyclic) bond motifs is 1. The van der Waals surface area contributed by atoms with Crippen molar-refractivity contribution >= 4 is 22.1 Å². The van der Waals surface area contributed by atoms with E-state index in [2.05, 4.69) is 48.7 Å². The van der Waals surface area contributed by atoms with Crippen LogP contribution in [-0.4, -0.2) is 45.4 Å². The lowest BCUT2D eigenvalue weighted by Gasteiger charge is -2.36. The van der Waals surface area contributed by atoms with Crippen LogP contribution in [0.3, 0.4) is 0 Å². The molecule has 1 aliphatic rings. The number of anilines is 1. The van der Waals surface area contributed by atoms with E-state index in [9.17, 15) is 5.26 Å². The van der Waals surface area contributed by atoms with E-state index < -0.39 is 0 Å². The molecule has 26 heavy (non-hydrogen) atoms. The molecule has 3 aromatic heterocycles. The minimum atomic E-state index is 0.704. The molecule has 134 valence electrons. The second kappa shape index (κ2) is 6.71. The Kier molecular flexibility index (Phi) is 4.39. The number of nitrogens with zero attached hydrogens (tertiary/aromatic N) is 6. The van der Waals surface area contributed by atoms with Crippen LogP contribution in [0, 0.1) is 32.1 Å². The first-order valence-electron chi connectivity index (χ1n) is 8.83. The van der Waals surface area contributed by atoms with Crippen LogP contribution in [0.2, 0.25) is 0 Å². The third kappa shape index (κ3) is 2.96. The highest BCUT2D eigenvalue weighted by atomic mass is 32.1. The Labute approximate surface area is 157 Å². The second-order valence-corrected chi connectivity index (χ2v) is 7.73. The Morgan fingerprint density at radius 1 is 1.15 bits per heavy atom. The number of rotatable bonds is 3. The molecule has 0 aromatic carbocycles. The summed E-state index contributed by atoms with van der Waals surface area (Å²) in [6, 6.07) is 4.31. The molecule has 0 spiro atoms. The van der Waals surface area contributed by atoms with Crippen LogP contribution in [0.15, 0.2) is 17.6 Å². The van der Waals surface area contributed by atoms with Crippen molar-refractivity contribution in [1.29, 1.82) is 5.26 Å². The van der Waals surface area contributed by atoms with Crippen molar-refractivity contribution in [2.75, 3.05) is 31.1 Å². The Balaban J connectivity index is 1.49. The van der Waals surface area contributed by atoms with E-state index in [0.29, 0.717) is 5.56 Å². The molecule has 0 amide bonds. The van der Waals surface area contributed by atoms with Crippen LogP contribution in [-0.2, 0) is 6.54 Å². The highest BCUT2D eigenvalue weighted by Crippen LogP contribution is 2.24. The number of hydrogen-bond acceptors (Lipinski definition) is 6. The summed E-state index contributed by atoms with van der Waals surface area (Å²) in [6.45, 7) is 10.6. The van der Waals surface area contributed by atoms with Gasteiger partial charge in [-0.25, -0.2) is 9.97 Å². The molecule has 0 unspecified atom stereocenters. The van der Waals surface area contributed by atoms with Gasteiger partial charge in [0.05, 0.1) is 17.0 Å². The van der Waals surface area contributed by atoms with Crippen molar-refractivity contribution in [3.63, 3.8) is 0 Å². The fourth-order valence-corrected chi connectivity index (χ4v) is 4.42. The van der Waals surface area contributed by atoms with Crippen LogP contribution < -0.4 is 4.90 Å². The van der Waals surface area contributed by atoms with Crippen molar-refractivity contribution in [3.8, 4) is 6.07 Å². The van der Waals surface area contributed by atoms with Crippen LogP contribution in [0.1, 0.15) is 28.2 Å². The Morgan fingerprint density at radius 2 is 1.92 bits per heavy atom. The second-order valence-electron chi connectivity index (χ2n) is 6.85. The molecule has 3 aromatic rings. The highest BCUT2D eigenvalue weighted by molar-refractivity contribution is 7.15. The standard InChI is InChI=1S/C19H22N6S/c1-13-10-14(2)21-18(16(13)11-20)24-6-4-23(5-7-24)12-17-15(3)22-19-25(17)8-9-26-19/h8-10H,4-7,12H2,1-3H3. The van der Waals surface area contributed by atoms with Crippen LogP contribution in [0.25, 0.3) is 4.96 Å². The molecule has 0 saturated carbocycles. The fourth-order valence-electron chi connectivity index (χ4n) is 3.64. The molecule has 1 fully saturated rings. The Bertz CT molecular complexity index is 988. The largest absolute Gasteiger partial charge is 0.353 e. The molecule has 1 saturated heterocycles. The summed E-state index contributed by atoms with van der Waals surface area (Å²) >= 11 is 1.67. The number of thiazole rings is 1. The molecule has 4 heterocycles. The SMILES string of the molecule is Cc1cc(C)c(C#N)c(N2CCN(Cc3c(C)nc4sccn34)CC2)n1. The van der Waals surface area contributed by atoms with Gasteiger partial charge in [0, 0.05) is 50.0 Å². The lowest BCUT2D eigenvalue weighted by atomic mass is 10.1. The first kappa shape index (κ1) is 17.0. The van der Waals surface area contributed by atoms with E-state index in [4.69, 9.17) is 0 Å². The van der Waals surface area contributed by atoms with Gasteiger partial charge in [0.2, 0.25) is 0 Å². The first-order chi connectivity index (χ1) is 12.6. The average Bonchev–Trinajstić information content (AvgIpc) is 3.17. The van der Waals surface area contributed by atoms with Gasteiger partial charge in [0.25, 0.3) is 0 Å². The van der Waals surface area contributed by atoms with Gasteiger partial charge in [0.15, 0.2) is 4.96 Å². The van der Waals surface area contributed by atoms with Crippen LogP contribution in [0.5, 0.6) is 0 Å². The average molecular weight is 366 g/mol. The first-order valence-corrected chi connectivity index (χ1v) is 9.71. The molecule has 4 rings (SSSR count). The van der Waals surface area contributed by atoms with Crippen molar-refractivity contribution in [2.24, 2.45) is 0 Å². The number of piperazine rings is 1. The molecule has 0 radical (unpaired) electrons. The Morgan fingerprint density at radius 3 is 2.65 bits per heavy atom. The molecular weight excluding hydrogens is 344 g/mol. The summed E-state index contributed by atoms with van der Waals surface area (Å²) in [5, 5.41) is 11.6. The maximum absolute atomic E-state index is 9.52. The van der Waals surface area contributed by atoms with Gasteiger partial charge in [-0.1, -0.05) is 0 Å². The van der Waals surface area contributed by atoms with Gasteiger partial charge in [-0.3, -0.25) is 9.30 Å². The molecule has 0 bridgehead atoms. The zero-order chi connectivity index (χ0) is 18.3. The summed E-state index contributed by atoms with van der Waals surface area (Å²) in [6.07, 6.45) is 2.10. The van der Waals surface area contributed by atoms with Gasteiger partial charge >= 0.3 is 0 Å². The molecule has 1 aliphatic heterocycles. The number of nitriles is 1. The minimum absolute atomic E-state index is 0.704. The number of imidazole rings is 1. The molecule has 0 aliphatic carbocycles. The minimum Gasteiger partial charge on any atom is -0.353 e. The topological polar surface area (TPSA) is 60.5 Å². The summed E-state index contributed by atoms with van der Waals surface area (Å²) in [5.41, 5.74) is 5.07. The highest BCUT2D eigenvalue weighted by Gasteiger charge is 2.23. The van der Waals surface area contributed by atoms with Crippen LogP contribution >= 0.6 is 11.3 Å². The zero-order valence-corrected chi connectivity index (χ0v) is 16.2. The number of aryl methyl sites for hydroxylation is 3. The van der Waals surface area contributed by atoms with E-state index in [1.807, 2.05) is 19.9 Å². The van der Waals surface area contributed by atoms with Crippen molar-refractivity contribution < 1.29 is 0 Å². The van der Waals surface area contributed by atoms with E-state index in [1.165, 1.54) is 5.69 Å². The van der Waals surface area contributed by atoms with E-state index >= 15 is 0 Å². The summed E-state index contributed by atoms with van der Waals surface area (Å²) in [4.78, 5) is 15.1. The molecule has 7 heteroatoms. The smallest absolute Gasteiger partial charge is 0.194 e. The van der Waals surface area contributed by atoms with Gasteiger partial charge in [0.1, 0.15) is 11.9 Å². The van der Waals surface area contributed by atoms with Crippen LogP contribution in [0.4, 0.5) is 5.82 Å². The zero-order valence-electron chi connectivity index (χ0n) is 15.4. The quantitative estimate of drug-likeness (QED) is 0.713. The van der Waals surface area contributed by atoms with Crippen molar-refractivity contribution in [2.45, 2.75) is 27.3 Å². The van der Waals surface area contributed by atoms with Crippen molar-refractivity contribution in [1.82, 2.24) is 19.3 Å². The van der Waals surface area contributed by atoms with Gasteiger partial charge in [-0.2, -0.15) is 5.26 Å². The van der Waals surface area contributed by atoms with Crippen molar-refractivity contribution in [3.05, 3.63) is 45.9 Å². The molecule has 0 N–H and O–H groups in total. The third-order valence-corrected chi connectivity index (χ3v) is 5.80. The predicted octanol–water partition coefficient (Wildman–Crippen LogP) is 2.91. The molecule has 6 nitrogen and oxygen atoms in total.